The molecule has 1 N–H and O–H groups in total. The van der Waals surface area contributed by atoms with Gasteiger partial charge in [0.25, 0.3) is 6.29 Å². The lowest BCUT2D eigenvalue weighted by molar-refractivity contribution is -0.870. The van der Waals surface area contributed by atoms with Crippen LogP contribution in [0.25, 0.3) is 0 Å². The highest BCUT2D eigenvalue weighted by Crippen LogP contribution is 2.17. The van der Waals surface area contributed by atoms with Crippen LogP contribution in [0.15, 0.2) is 134 Å². The number of hydrogen-bond acceptors (Lipinski definition) is 7. The van der Waals surface area contributed by atoms with E-state index < -0.39 is 24.3 Å². The van der Waals surface area contributed by atoms with E-state index in [2.05, 4.69) is 148 Å². The number of likely N-dealkylation sites (N-methyl/N-ethyl adjacent to an activating group) is 1. The second kappa shape index (κ2) is 65.4. The van der Waals surface area contributed by atoms with Crippen molar-refractivity contribution in [2.24, 2.45) is 0 Å². The first kappa shape index (κ1) is 80.4. The molecule has 2 atom stereocenters. The number of carbonyl (C=O) groups excluding carboxylic acids is 2. The highest BCUT2D eigenvalue weighted by atomic mass is 16.7. The minimum atomic E-state index is -1.53. The molecule has 0 heterocycles. The Hall–Kier alpha value is -4.57. The third kappa shape index (κ3) is 66.8. The zero-order valence-electron chi connectivity index (χ0n) is 55.2. The van der Waals surface area contributed by atoms with Crippen molar-refractivity contribution in [3.8, 4) is 0 Å². The standard InChI is InChI=1S/C76H127NO8/c1-6-8-10-12-14-16-18-20-22-24-26-28-30-31-32-33-34-35-36-37-38-39-40-41-42-43-45-47-49-51-53-55-57-59-61-63-65-67-74(79)85-72(71-84-76(75(80)81)82-69-68-77(3,4)5)70-83-73(78)66-64-62-60-58-56-54-52-50-48-46-44-29-27-25-23-21-19-17-15-13-11-9-7-2/h8,10,14,16,20,22,26,28,31-32,34-35,37-38,40-41,43,45,49,51,55,57,72,76H,6-7,9,11-13,15,17-19,21,23-25,27,29-30,33,36,39,42,44,46-48,50,52-54,56,58-71H2,1-5H3/p+1/b10-8-,16-14-,22-20-,28-26-,32-31-,35-34-,38-37-,41-40-,45-43-,51-49-,57-55-. The van der Waals surface area contributed by atoms with Gasteiger partial charge in [-0.2, -0.15) is 0 Å². The van der Waals surface area contributed by atoms with Gasteiger partial charge < -0.3 is 28.5 Å². The topological polar surface area (TPSA) is 108 Å². The molecular formula is C76H128NO8+. The van der Waals surface area contributed by atoms with Crippen LogP contribution in [0.4, 0.5) is 0 Å². The minimum Gasteiger partial charge on any atom is -0.477 e. The van der Waals surface area contributed by atoms with Crippen LogP contribution >= 0.6 is 0 Å². The Labute approximate surface area is 522 Å². The Morgan fingerprint density at radius 2 is 0.671 bits per heavy atom. The van der Waals surface area contributed by atoms with Crippen LogP contribution in [0.5, 0.6) is 0 Å². The Bertz CT molecular complexity index is 1860. The summed E-state index contributed by atoms with van der Waals surface area (Å²) in [6, 6.07) is 0. The van der Waals surface area contributed by atoms with Crippen LogP contribution in [-0.4, -0.2) is 87.4 Å². The van der Waals surface area contributed by atoms with Crippen molar-refractivity contribution in [2.75, 3.05) is 47.5 Å². The fraction of sp³-hybridized carbons (Fsp3) is 0.671. The van der Waals surface area contributed by atoms with E-state index in [0.29, 0.717) is 23.9 Å². The van der Waals surface area contributed by atoms with Gasteiger partial charge in [-0.1, -0.05) is 295 Å². The molecule has 0 spiro atoms. The third-order valence-corrected chi connectivity index (χ3v) is 14.4. The maximum absolute atomic E-state index is 12.9. The van der Waals surface area contributed by atoms with Gasteiger partial charge in [0.2, 0.25) is 0 Å². The Balaban J connectivity index is 4.26. The smallest absolute Gasteiger partial charge is 0.361 e. The van der Waals surface area contributed by atoms with Crippen molar-refractivity contribution in [3.63, 3.8) is 0 Å². The van der Waals surface area contributed by atoms with Crippen LogP contribution in [0.1, 0.15) is 271 Å². The molecule has 0 aliphatic rings. The zero-order chi connectivity index (χ0) is 61.9. The zero-order valence-corrected chi connectivity index (χ0v) is 55.2. The summed E-state index contributed by atoms with van der Waals surface area (Å²) in [6.07, 6.45) is 91.3. The third-order valence-electron chi connectivity index (χ3n) is 14.4. The van der Waals surface area contributed by atoms with Crippen molar-refractivity contribution < 1.29 is 42.9 Å². The molecule has 0 aromatic heterocycles. The fourth-order valence-corrected chi connectivity index (χ4v) is 9.20. The van der Waals surface area contributed by atoms with Gasteiger partial charge in [0, 0.05) is 12.8 Å². The van der Waals surface area contributed by atoms with E-state index in [-0.39, 0.29) is 32.2 Å². The minimum absolute atomic E-state index is 0.175. The number of carboxylic acids is 1. The van der Waals surface area contributed by atoms with Gasteiger partial charge in [0.15, 0.2) is 6.10 Å². The molecule has 0 aromatic rings. The van der Waals surface area contributed by atoms with E-state index in [1.165, 1.54) is 128 Å². The maximum Gasteiger partial charge on any atom is 0.361 e. The van der Waals surface area contributed by atoms with Crippen LogP contribution in [0.3, 0.4) is 0 Å². The molecule has 0 amide bonds. The summed E-state index contributed by atoms with van der Waals surface area (Å²) in [5.41, 5.74) is 0. The first-order chi connectivity index (χ1) is 41.6. The lowest BCUT2D eigenvalue weighted by Gasteiger charge is -2.25. The quantitative estimate of drug-likeness (QED) is 0.0211. The molecule has 2 unspecified atom stereocenters. The number of carbonyl (C=O) groups is 3. The number of unbranched alkanes of at least 4 members (excludes halogenated alkanes) is 25. The Morgan fingerprint density at radius 3 is 1.00 bits per heavy atom. The monoisotopic (exact) mass is 1180 g/mol. The number of esters is 2. The second-order valence-corrected chi connectivity index (χ2v) is 23.8. The molecule has 0 saturated heterocycles. The molecule has 0 bridgehead atoms. The summed E-state index contributed by atoms with van der Waals surface area (Å²) in [5, 5.41) is 9.74. The summed E-state index contributed by atoms with van der Waals surface area (Å²) in [4.78, 5) is 37.6. The van der Waals surface area contributed by atoms with Crippen molar-refractivity contribution >= 4 is 17.9 Å². The van der Waals surface area contributed by atoms with Gasteiger partial charge >= 0.3 is 17.9 Å². The molecule has 9 heteroatoms. The maximum atomic E-state index is 12.9. The van der Waals surface area contributed by atoms with E-state index in [4.69, 9.17) is 18.9 Å². The largest absolute Gasteiger partial charge is 0.477 e. The Morgan fingerprint density at radius 1 is 0.365 bits per heavy atom. The summed E-state index contributed by atoms with van der Waals surface area (Å²) >= 11 is 0. The first-order valence-electron chi connectivity index (χ1n) is 34.3. The molecule has 484 valence electrons. The van der Waals surface area contributed by atoms with Crippen LogP contribution < -0.4 is 0 Å². The fourth-order valence-electron chi connectivity index (χ4n) is 9.20. The van der Waals surface area contributed by atoms with Crippen molar-refractivity contribution in [1.82, 2.24) is 0 Å². The number of hydrogen-bond donors (Lipinski definition) is 1. The lowest BCUT2D eigenvalue weighted by Crippen LogP contribution is -2.40. The molecule has 0 fully saturated rings. The molecule has 0 aromatic carbocycles. The molecule has 0 rings (SSSR count). The molecule has 0 radical (unpaired) electrons. The molecule has 85 heavy (non-hydrogen) atoms. The van der Waals surface area contributed by atoms with Gasteiger partial charge in [0.1, 0.15) is 13.2 Å². The number of quaternary nitrogens is 1. The van der Waals surface area contributed by atoms with Crippen molar-refractivity contribution in [2.45, 2.75) is 283 Å². The summed E-state index contributed by atoms with van der Waals surface area (Å²) in [6.45, 7) is 4.74. The SMILES string of the molecule is CC/C=C\C/C=C\C/C=C\C/C=C\C/C=C\C/C=C\C/C=C\C/C=C\C/C=C\C/C=C\C/C=C\CCCCCC(=O)OC(COC(=O)CCCCCCCCCCCCCCCCCCCCCCCCC)COC(OCC[N+](C)(C)C)C(=O)O. The average Bonchev–Trinajstić information content (AvgIpc) is 3.48. The van der Waals surface area contributed by atoms with E-state index in [1.54, 1.807) is 0 Å². The molecular weight excluding hydrogens is 1050 g/mol. The first-order valence-corrected chi connectivity index (χ1v) is 34.3. The van der Waals surface area contributed by atoms with Crippen LogP contribution in [-0.2, 0) is 33.3 Å². The summed E-state index contributed by atoms with van der Waals surface area (Å²) in [5.74, 6) is -2.05. The van der Waals surface area contributed by atoms with E-state index >= 15 is 0 Å². The van der Waals surface area contributed by atoms with Crippen LogP contribution in [0.2, 0.25) is 0 Å². The number of nitrogens with zero attached hydrogens (tertiary/aromatic N) is 1. The van der Waals surface area contributed by atoms with Gasteiger partial charge in [-0.25, -0.2) is 4.79 Å². The number of allylic oxidation sites excluding steroid dienone is 22. The van der Waals surface area contributed by atoms with E-state index in [9.17, 15) is 19.5 Å². The number of carboxylic acid groups (broad SMARTS) is 1. The van der Waals surface area contributed by atoms with E-state index in [0.717, 1.165) is 109 Å². The highest BCUT2D eigenvalue weighted by Gasteiger charge is 2.25. The number of rotatable bonds is 62. The van der Waals surface area contributed by atoms with Gasteiger partial charge in [0.05, 0.1) is 34.4 Å². The predicted octanol–water partition coefficient (Wildman–Crippen LogP) is 21.4. The lowest BCUT2D eigenvalue weighted by atomic mass is 10.0. The van der Waals surface area contributed by atoms with Crippen molar-refractivity contribution in [1.29, 1.82) is 0 Å². The van der Waals surface area contributed by atoms with Gasteiger partial charge in [-0.05, 0) is 96.3 Å². The normalized spacial score (nSPS) is 13.6. The predicted molar refractivity (Wildman–Crippen MR) is 364 cm³/mol. The van der Waals surface area contributed by atoms with Crippen molar-refractivity contribution in [3.05, 3.63) is 134 Å². The number of aliphatic carboxylic acids is 1. The van der Waals surface area contributed by atoms with E-state index in [1.807, 2.05) is 21.1 Å². The second-order valence-electron chi connectivity index (χ2n) is 23.8. The molecule has 0 saturated carbocycles. The molecule has 9 nitrogen and oxygen atoms in total. The number of ether oxygens (including phenoxy) is 4. The average molecular weight is 1180 g/mol. The molecule has 0 aliphatic heterocycles. The van der Waals surface area contributed by atoms with Gasteiger partial charge in [-0.3, -0.25) is 9.59 Å². The van der Waals surface area contributed by atoms with Crippen LogP contribution in [0, 0.1) is 0 Å². The van der Waals surface area contributed by atoms with Gasteiger partial charge in [-0.15, -0.1) is 0 Å². The Kier molecular flexibility index (Phi) is 61.9. The summed E-state index contributed by atoms with van der Waals surface area (Å²) in [7, 11) is 5.96. The molecule has 0 aliphatic carbocycles. The summed E-state index contributed by atoms with van der Waals surface area (Å²) < 4.78 is 22.9. The highest BCUT2D eigenvalue weighted by molar-refractivity contribution is 5.71.